The van der Waals surface area contributed by atoms with E-state index in [1.807, 2.05) is 30.5 Å². The Morgan fingerprint density at radius 1 is 1.10 bits per heavy atom. The van der Waals surface area contributed by atoms with E-state index in [1.54, 1.807) is 11.8 Å². The molecule has 0 aliphatic carbocycles. The number of rotatable bonds is 2. The van der Waals surface area contributed by atoms with Crippen molar-refractivity contribution < 1.29 is 0 Å². The van der Waals surface area contributed by atoms with E-state index in [9.17, 15) is 0 Å². The third-order valence-corrected chi connectivity index (χ3v) is 4.84. The molecule has 2 aromatic heterocycles. The zero-order valence-electron chi connectivity index (χ0n) is 11.5. The number of aryl methyl sites for hydroxylation is 2. The van der Waals surface area contributed by atoms with Crippen LogP contribution >= 0.6 is 23.4 Å². The van der Waals surface area contributed by atoms with Crippen molar-refractivity contribution in [2.45, 2.75) is 23.8 Å². The average molecular weight is 304 g/mol. The summed E-state index contributed by atoms with van der Waals surface area (Å²) in [4.78, 5) is 1.11. The monoisotopic (exact) mass is 303 g/mol. The maximum absolute atomic E-state index is 5.92. The van der Waals surface area contributed by atoms with E-state index >= 15 is 0 Å². The van der Waals surface area contributed by atoms with Gasteiger partial charge in [-0.25, -0.2) is 0 Å². The zero-order chi connectivity index (χ0) is 14.3. The Labute approximate surface area is 127 Å². The van der Waals surface area contributed by atoms with Gasteiger partial charge in [0.2, 0.25) is 0 Å². The van der Waals surface area contributed by atoms with Crippen LogP contribution in [0.2, 0.25) is 5.02 Å². The lowest BCUT2D eigenvalue weighted by molar-refractivity contribution is 0.850. The van der Waals surface area contributed by atoms with Crippen LogP contribution in [0.15, 0.2) is 40.4 Å². The molecule has 0 spiro atoms. The largest absolute Gasteiger partial charge is 0.351 e. The number of hydrogen-bond donors (Lipinski definition) is 0. The lowest BCUT2D eigenvalue weighted by Gasteiger charge is -2.03. The highest BCUT2D eigenvalue weighted by atomic mass is 35.5. The molecule has 0 aliphatic heterocycles. The Bertz CT molecular complexity index is 778. The number of fused-ring (bicyclic) bond motifs is 1. The molecule has 1 aromatic carbocycles. The van der Waals surface area contributed by atoms with Gasteiger partial charge in [0.1, 0.15) is 5.03 Å². The van der Waals surface area contributed by atoms with Crippen LogP contribution in [-0.4, -0.2) is 14.8 Å². The van der Waals surface area contributed by atoms with Gasteiger partial charge in [0.15, 0.2) is 0 Å². The van der Waals surface area contributed by atoms with E-state index in [4.69, 9.17) is 11.6 Å². The predicted molar refractivity (Wildman–Crippen MR) is 83.6 cm³/mol. The van der Waals surface area contributed by atoms with Crippen molar-refractivity contribution in [2.24, 2.45) is 7.05 Å². The van der Waals surface area contributed by atoms with Gasteiger partial charge in [-0.2, -0.15) is 5.10 Å². The Morgan fingerprint density at radius 2 is 1.80 bits per heavy atom. The molecule has 0 saturated carbocycles. The van der Waals surface area contributed by atoms with Gasteiger partial charge >= 0.3 is 0 Å². The number of nitrogens with zero attached hydrogens (tertiary/aromatic N) is 3. The lowest BCUT2D eigenvalue weighted by atomic mass is 10.2. The van der Waals surface area contributed by atoms with Crippen LogP contribution in [0.3, 0.4) is 0 Å². The predicted octanol–water partition coefficient (Wildman–Crippen LogP) is 4.39. The highest BCUT2D eigenvalue weighted by Gasteiger charge is 2.14. The topological polar surface area (TPSA) is 30.7 Å². The smallest absolute Gasteiger partial charge is 0.133 e. The van der Waals surface area contributed by atoms with Crippen molar-refractivity contribution in [1.29, 1.82) is 0 Å². The lowest BCUT2D eigenvalue weighted by Crippen LogP contribution is -1.92. The number of halogens is 1. The molecule has 0 atom stereocenters. The molecule has 3 rings (SSSR count). The van der Waals surface area contributed by atoms with E-state index in [0.717, 1.165) is 20.3 Å². The molecule has 2 heterocycles. The van der Waals surface area contributed by atoms with Gasteiger partial charge in [0, 0.05) is 39.1 Å². The van der Waals surface area contributed by atoms with Crippen LogP contribution in [0.4, 0.5) is 0 Å². The van der Waals surface area contributed by atoms with Crippen molar-refractivity contribution in [3.05, 3.63) is 46.9 Å². The molecule has 0 fully saturated rings. The van der Waals surface area contributed by atoms with Crippen molar-refractivity contribution in [3.8, 4) is 0 Å². The molecule has 102 valence electrons. The third-order valence-electron chi connectivity index (χ3n) is 3.60. The first kappa shape index (κ1) is 13.5. The van der Waals surface area contributed by atoms with E-state index < -0.39 is 0 Å². The van der Waals surface area contributed by atoms with Gasteiger partial charge in [-0.3, -0.25) is 0 Å². The van der Waals surface area contributed by atoms with Gasteiger partial charge in [0.05, 0.1) is 6.20 Å². The number of benzene rings is 1. The fraction of sp³-hybridized carbons (Fsp3) is 0.200. The maximum Gasteiger partial charge on any atom is 0.133 e. The second-order valence-corrected chi connectivity index (χ2v) is 6.22. The molecule has 20 heavy (non-hydrogen) atoms. The highest BCUT2D eigenvalue weighted by molar-refractivity contribution is 7.99. The highest BCUT2D eigenvalue weighted by Crippen LogP contribution is 2.35. The van der Waals surface area contributed by atoms with Gasteiger partial charge in [-0.15, -0.1) is 5.10 Å². The zero-order valence-corrected chi connectivity index (χ0v) is 13.1. The summed E-state index contributed by atoms with van der Waals surface area (Å²) in [5, 5.41) is 12.5. The summed E-state index contributed by atoms with van der Waals surface area (Å²) >= 11 is 7.53. The first-order chi connectivity index (χ1) is 9.58. The summed E-state index contributed by atoms with van der Waals surface area (Å²) in [5.41, 5.74) is 2.43. The SMILES string of the molecule is Cc1c2cnnc(Sc3ccc(Cl)cc3)c2c(C)n1C. The Balaban J connectivity index is 2.12. The van der Waals surface area contributed by atoms with Crippen molar-refractivity contribution in [2.75, 3.05) is 0 Å². The molecule has 0 amide bonds. The summed E-state index contributed by atoms with van der Waals surface area (Å²) in [6, 6.07) is 7.78. The molecular weight excluding hydrogens is 290 g/mol. The minimum absolute atomic E-state index is 0.741. The quantitative estimate of drug-likeness (QED) is 0.703. The van der Waals surface area contributed by atoms with Crippen LogP contribution in [0, 0.1) is 13.8 Å². The molecule has 0 N–H and O–H groups in total. The van der Waals surface area contributed by atoms with E-state index in [1.165, 1.54) is 16.8 Å². The van der Waals surface area contributed by atoms with Crippen LogP contribution < -0.4 is 0 Å². The van der Waals surface area contributed by atoms with Crippen LogP contribution in [0.5, 0.6) is 0 Å². The minimum atomic E-state index is 0.741. The van der Waals surface area contributed by atoms with Crippen molar-refractivity contribution in [1.82, 2.24) is 14.8 Å². The van der Waals surface area contributed by atoms with E-state index in [0.29, 0.717) is 0 Å². The fourth-order valence-corrected chi connectivity index (χ4v) is 3.35. The molecule has 3 aromatic rings. The van der Waals surface area contributed by atoms with Crippen LogP contribution in [0.1, 0.15) is 11.4 Å². The summed E-state index contributed by atoms with van der Waals surface area (Å²) in [6.45, 7) is 4.22. The standard InChI is InChI=1S/C15H14ClN3S/c1-9-13-8-17-18-15(14(13)10(2)19(9)3)20-12-6-4-11(16)5-7-12/h4-8H,1-3H3. The normalized spacial score (nSPS) is 11.2. The minimum Gasteiger partial charge on any atom is -0.351 e. The Hall–Kier alpha value is -1.52. The molecule has 0 aliphatic rings. The molecule has 0 unspecified atom stereocenters. The van der Waals surface area contributed by atoms with Gasteiger partial charge in [0.25, 0.3) is 0 Å². The second kappa shape index (κ2) is 5.11. The molecular formula is C15H14ClN3S. The second-order valence-electron chi connectivity index (χ2n) is 4.72. The fourth-order valence-electron chi connectivity index (χ4n) is 2.28. The molecule has 0 saturated heterocycles. The van der Waals surface area contributed by atoms with Crippen molar-refractivity contribution in [3.63, 3.8) is 0 Å². The molecule has 3 nitrogen and oxygen atoms in total. The van der Waals surface area contributed by atoms with Gasteiger partial charge < -0.3 is 4.57 Å². The average Bonchev–Trinajstić information content (AvgIpc) is 2.67. The maximum atomic E-state index is 5.92. The summed E-state index contributed by atoms with van der Waals surface area (Å²) < 4.78 is 2.18. The third kappa shape index (κ3) is 2.19. The number of hydrogen-bond acceptors (Lipinski definition) is 3. The Kier molecular flexibility index (Phi) is 3.44. The Morgan fingerprint density at radius 3 is 2.50 bits per heavy atom. The van der Waals surface area contributed by atoms with E-state index in [2.05, 4.69) is 35.7 Å². The first-order valence-electron chi connectivity index (χ1n) is 6.28. The van der Waals surface area contributed by atoms with Crippen LogP contribution in [-0.2, 0) is 7.05 Å². The molecule has 5 heteroatoms. The summed E-state index contributed by atoms with van der Waals surface area (Å²) in [6.07, 6.45) is 1.84. The van der Waals surface area contributed by atoms with Crippen LogP contribution in [0.25, 0.3) is 10.8 Å². The van der Waals surface area contributed by atoms with Crippen molar-refractivity contribution >= 4 is 34.1 Å². The first-order valence-corrected chi connectivity index (χ1v) is 7.48. The molecule has 0 radical (unpaired) electrons. The summed E-state index contributed by atoms with van der Waals surface area (Å²) in [5.74, 6) is 0. The molecule has 0 bridgehead atoms. The summed E-state index contributed by atoms with van der Waals surface area (Å²) in [7, 11) is 2.07. The van der Waals surface area contributed by atoms with Gasteiger partial charge in [-0.05, 0) is 38.1 Å². The van der Waals surface area contributed by atoms with Gasteiger partial charge in [-0.1, -0.05) is 23.4 Å². The number of aromatic nitrogens is 3. The van der Waals surface area contributed by atoms with E-state index in [-0.39, 0.29) is 0 Å².